The molecule has 3 heterocycles. The van der Waals surface area contributed by atoms with Gasteiger partial charge < -0.3 is 30.3 Å². The molecule has 3 unspecified atom stereocenters. The number of nitrogens with two attached hydrogens (primary N) is 1. The fourth-order valence-corrected chi connectivity index (χ4v) is 4.75. The molecule has 0 bridgehead atoms. The topological polar surface area (TPSA) is 137 Å². The van der Waals surface area contributed by atoms with Crippen molar-refractivity contribution in [3.8, 4) is 0 Å². The van der Waals surface area contributed by atoms with Crippen LogP contribution in [0.3, 0.4) is 0 Å². The normalized spacial score (nSPS) is 24.9. The van der Waals surface area contributed by atoms with Gasteiger partial charge in [-0.05, 0) is 38.0 Å². The van der Waals surface area contributed by atoms with Gasteiger partial charge in [-0.15, -0.1) is 0 Å². The van der Waals surface area contributed by atoms with Gasteiger partial charge in [0, 0.05) is 39.3 Å². The Bertz CT molecular complexity index is 826. The van der Waals surface area contributed by atoms with Crippen molar-refractivity contribution >= 4 is 24.0 Å². The van der Waals surface area contributed by atoms with Crippen LogP contribution < -0.4 is 5.73 Å². The Morgan fingerprint density at radius 2 is 1.64 bits per heavy atom. The minimum absolute atomic E-state index is 0.116. The molecule has 11 nitrogen and oxygen atoms in total. The van der Waals surface area contributed by atoms with E-state index in [4.69, 9.17) is 10.5 Å². The van der Waals surface area contributed by atoms with Crippen LogP contribution in [0, 0.1) is 17.8 Å². The number of nitrogens with zero attached hydrogens (tertiary/aromatic N) is 4. The van der Waals surface area contributed by atoms with Gasteiger partial charge in [0.05, 0.1) is 11.7 Å². The second kappa shape index (κ2) is 12.8. The van der Waals surface area contributed by atoms with Crippen LogP contribution in [-0.4, -0.2) is 100 Å². The predicted molar refractivity (Wildman–Crippen MR) is 135 cm³/mol. The van der Waals surface area contributed by atoms with Crippen molar-refractivity contribution in [2.45, 2.75) is 66.0 Å². The zero-order chi connectivity index (χ0) is 27.2. The molecule has 3 fully saturated rings. The molecule has 4 atom stereocenters. The lowest BCUT2D eigenvalue weighted by atomic mass is 9.78. The number of carbonyl (C=O) groups is 4. The molecule has 3 N–H and O–H groups in total. The third-order valence-corrected chi connectivity index (χ3v) is 7.22. The second-order valence-electron chi connectivity index (χ2n) is 9.87. The maximum atomic E-state index is 13.0. The highest BCUT2D eigenvalue weighted by Gasteiger charge is 2.56. The first-order valence-corrected chi connectivity index (χ1v) is 13.0. The highest BCUT2D eigenvalue weighted by molar-refractivity contribution is 6.07. The molecule has 3 aliphatic rings. The lowest BCUT2D eigenvalue weighted by Crippen LogP contribution is -2.69. The monoisotopic (exact) mass is 509 g/mol. The lowest BCUT2D eigenvalue weighted by molar-refractivity contribution is -0.167. The van der Waals surface area contributed by atoms with Gasteiger partial charge in [-0.1, -0.05) is 34.3 Å². The van der Waals surface area contributed by atoms with Crippen LogP contribution >= 0.6 is 0 Å². The highest BCUT2D eigenvalue weighted by atomic mass is 16.6. The Kier molecular flexibility index (Phi) is 10.4. The molecule has 11 heteroatoms. The number of imide groups is 1. The van der Waals surface area contributed by atoms with Crippen molar-refractivity contribution in [1.29, 1.82) is 0 Å². The molecule has 0 aliphatic carbocycles. The van der Waals surface area contributed by atoms with Crippen LogP contribution in [0.2, 0.25) is 0 Å². The molecule has 0 aromatic rings. The van der Waals surface area contributed by atoms with Crippen LogP contribution in [0.25, 0.3) is 0 Å². The van der Waals surface area contributed by atoms with Gasteiger partial charge >= 0.3 is 18.1 Å². The molecule has 3 aliphatic heterocycles. The van der Waals surface area contributed by atoms with Gasteiger partial charge in [0.2, 0.25) is 5.91 Å². The number of piperazine rings is 1. The van der Waals surface area contributed by atoms with Crippen LogP contribution in [0.15, 0.2) is 12.4 Å². The third-order valence-electron chi connectivity index (χ3n) is 7.22. The Morgan fingerprint density at radius 3 is 2.17 bits per heavy atom. The number of rotatable bonds is 6. The van der Waals surface area contributed by atoms with Crippen molar-refractivity contribution in [3.63, 3.8) is 0 Å². The molecule has 0 spiro atoms. The van der Waals surface area contributed by atoms with E-state index in [2.05, 4.69) is 6.58 Å². The minimum atomic E-state index is -1.18. The van der Waals surface area contributed by atoms with Crippen LogP contribution in [0.5, 0.6) is 0 Å². The maximum Gasteiger partial charge on any atom is 0.410 e. The molecule has 4 amide bonds. The minimum Gasteiger partial charge on any atom is -0.480 e. The largest absolute Gasteiger partial charge is 0.480 e. The predicted octanol–water partition coefficient (Wildman–Crippen LogP) is 2.37. The molecule has 204 valence electrons. The SMILES string of the molecule is C=C(N)N1CCCC(C[C@H]2C(=O)N(C(=O)N3CCN(C(=O)OC(C)C(C)C)CC3)C2C(=O)O)C1.CC. The first-order valence-electron chi connectivity index (χ1n) is 13.0. The van der Waals surface area contributed by atoms with Crippen molar-refractivity contribution < 1.29 is 29.0 Å². The number of carboxylic acid groups (broad SMARTS) is 1. The zero-order valence-corrected chi connectivity index (χ0v) is 22.3. The summed E-state index contributed by atoms with van der Waals surface area (Å²) in [4.78, 5) is 56.0. The molecule has 3 saturated heterocycles. The number of β-lactam (4-membered cyclic amide) rings is 1. The van der Waals surface area contributed by atoms with Crippen molar-refractivity contribution in [2.75, 3.05) is 39.3 Å². The number of piperidine rings is 1. The maximum absolute atomic E-state index is 13.0. The molecule has 0 radical (unpaired) electrons. The molecule has 3 rings (SSSR count). The van der Waals surface area contributed by atoms with E-state index in [1.807, 2.05) is 39.5 Å². The molecular formula is C25H43N5O6. The molecule has 0 aromatic carbocycles. The van der Waals surface area contributed by atoms with Crippen LogP contribution in [0.1, 0.15) is 53.9 Å². The summed E-state index contributed by atoms with van der Waals surface area (Å²) in [5, 5.41) is 9.77. The van der Waals surface area contributed by atoms with Gasteiger partial charge in [-0.3, -0.25) is 4.79 Å². The van der Waals surface area contributed by atoms with Crippen LogP contribution in [-0.2, 0) is 14.3 Å². The summed E-state index contributed by atoms with van der Waals surface area (Å²) in [6.07, 6.45) is 1.51. The quantitative estimate of drug-likeness (QED) is 0.521. The van der Waals surface area contributed by atoms with Gasteiger partial charge in [0.25, 0.3) is 0 Å². The van der Waals surface area contributed by atoms with E-state index < -0.39 is 36.0 Å². The van der Waals surface area contributed by atoms with Gasteiger partial charge in [-0.25, -0.2) is 19.3 Å². The van der Waals surface area contributed by atoms with E-state index in [9.17, 15) is 24.3 Å². The second-order valence-corrected chi connectivity index (χ2v) is 9.87. The number of hydrogen-bond acceptors (Lipinski definition) is 7. The van der Waals surface area contributed by atoms with E-state index in [0.29, 0.717) is 18.8 Å². The van der Waals surface area contributed by atoms with E-state index in [1.54, 1.807) is 0 Å². The Labute approximate surface area is 214 Å². The van der Waals surface area contributed by atoms with Gasteiger partial charge in [0.1, 0.15) is 6.10 Å². The summed E-state index contributed by atoms with van der Waals surface area (Å²) in [7, 11) is 0. The standard InChI is InChI=1S/C23H37N5O6.C2H6/c1-14(2)15(3)34-23(33)26-10-8-25(9-11-26)22(32)28-19(21(30)31)18(20(28)29)12-17-6-5-7-27(13-17)16(4)24;1-2/h14-15,17-19H,4-13,24H2,1-3H3,(H,30,31);1-2H3/t15?,17?,18-,19?;/m1./s1. The number of carbonyl (C=O) groups excluding carboxylic acids is 3. The molecular weight excluding hydrogens is 466 g/mol. The van der Waals surface area contributed by atoms with Gasteiger partial charge in [0.15, 0.2) is 6.04 Å². The summed E-state index contributed by atoms with van der Waals surface area (Å²) in [5.41, 5.74) is 5.80. The summed E-state index contributed by atoms with van der Waals surface area (Å²) in [6, 6.07) is -1.79. The highest BCUT2D eigenvalue weighted by Crippen LogP contribution is 2.36. The number of aliphatic carboxylic acids is 1. The number of hydrogen-bond donors (Lipinski definition) is 2. The fraction of sp³-hybridized carbons (Fsp3) is 0.760. The zero-order valence-electron chi connectivity index (χ0n) is 22.3. The average Bonchev–Trinajstić information content (AvgIpc) is 2.86. The summed E-state index contributed by atoms with van der Waals surface area (Å²) in [6.45, 7) is 15.9. The lowest BCUT2D eigenvalue weighted by Gasteiger charge is -2.47. The van der Waals surface area contributed by atoms with E-state index in [1.165, 1.54) is 9.80 Å². The van der Waals surface area contributed by atoms with Gasteiger partial charge in [-0.2, -0.15) is 0 Å². The summed E-state index contributed by atoms with van der Waals surface area (Å²) in [5.74, 6) is -1.59. The number of carboxylic acids is 1. The molecule has 36 heavy (non-hydrogen) atoms. The first-order chi connectivity index (χ1) is 17.0. The number of ether oxygens (including phenoxy) is 1. The van der Waals surface area contributed by atoms with E-state index in [-0.39, 0.29) is 44.1 Å². The number of likely N-dealkylation sites (tertiary alicyclic amines) is 2. The summed E-state index contributed by atoms with van der Waals surface area (Å²) >= 11 is 0. The number of amides is 4. The Morgan fingerprint density at radius 1 is 1.06 bits per heavy atom. The third kappa shape index (κ3) is 6.61. The summed E-state index contributed by atoms with van der Waals surface area (Å²) < 4.78 is 5.43. The Balaban J connectivity index is 0.00000222. The van der Waals surface area contributed by atoms with E-state index in [0.717, 1.165) is 24.3 Å². The number of urea groups is 1. The smallest absolute Gasteiger partial charge is 0.410 e. The fourth-order valence-electron chi connectivity index (χ4n) is 4.75. The Hall–Kier alpha value is -2.98. The molecule has 0 aromatic heterocycles. The average molecular weight is 510 g/mol. The molecule has 0 saturated carbocycles. The van der Waals surface area contributed by atoms with Crippen molar-refractivity contribution in [1.82, 2.24) is 19.6 Å². The van der Waals surface area contributed by atoms with Crippen LogP contribution in [0.4, 0.5) is 9.59 Å². The van der Waals surface area contributed by atoms with E-state index >= 15 is 0 Å². The van der Waals surface area contributed by atoms with Crippen molar-refractivity contribution in [3.05, 3.63) is 12.4 Å². The first kappa shape index (κ1) is 29.3. The van der Waals surface area contributed by atoms with Crippen molar-refractivity contribution in [2.24, 2.45) is 23.5 Å².